The standard InChI is InChI=1S/C30H35N3O4/c1-21-27(30(35)32-17-15-31(16-18-32)29(34)23-7-4-5-8-23)20-28(22-11-13-25(36-2)14-12-22)33(21)24-9-6-10-26(19-24)37-3/h6,9-14,19-20,23H,4-5,7-8,15-18H2,1-3H3. The lowest BCUT2D eigenvalue weighted by Gasteiger charge is -2.36. The summed E-state index contributed by atoms with van der Waals surface area (Å²) in [6.07, 6.45) is 4.30. The molecule has 1 aliphatic heterocycles. The maximum atomic E-state index is 13.8. The summed E-state index contributed by atoms with van der Waals surface area (Å²) in [4.78, 5) is 30.5. The van der Waals surface area contributed by atoms with Gasteiger partial charge in [-0.1, -0.05) is 18.9 Å². The van der Waals surface area contributed by atoms with Gasteiger partial charge < -0.3 is 23.8 Å². The smallest absolute Gasteiger partial charge is 0.255 e. The van der Waals surface area contributed by atoms with E-state index in [9.17, 15) is 9.59 Å². The highest BCUT2D eigenvalue weighted by molar-refractivity contribution is 5.97. The summed E-state index contributed by atoms with van der Waals surface area (Å²) in [5.74, 6) is 1.98. The Morgan fingerprint density at radius 2 is 1.46 bits per heavy atom. The molecule has 3 aromatic rings. The molecule has 2 amide bonds. The van der Waals surface area contributed by atoms with Gasteiger partial charge in [0.2, 0.25) is 5.91 Å². The molecule has 1 saturated carbocycles. The van der Waals surface area contributed by atoms with Crippen LogP contribution in [-0.2, 0) is 4.79 Å². The number of carbonyl (C=O) groups excluding carboxylic acids is 2. The van der Waals surface area contributed by atoms with Gasteiger partial charge in [0.05, 0.1) is 25.5 Å². The Kier molecular flexibility index (Phi) is 7.22. The van der Waals surface area contributed by atoms with Gasteiger partial charge in [-0.25, -0.2) is 0 Å². The minimum Gasteiger partial charge on any atom is -0.497 e. The second-order valence-electron chi connectivity index (χ2n) is 9.89. The summed E-state index contributed by atoms with van der Waals surface area (Å²) < 4.78 is 12.9. The number of ether oxygens (including phenoxy) is 2. The fourth-order valence-corrected chi connectivity index (χ4v) is 5.61. The van der Waals surface area contributed by atoms with Crippen molar-refractivity contribution in [1.29, 1.82) is 0 Å². The monoisotopic (exact) mass is 501 g/mol. The van der Waals surface area contributed by atoms with E-state index in [1.54, 1.807) is 14.2 Å². The first-order valence-electron chi connectivity index (χ1n) is 13.1. The van der Waals surface area contributed by atoms with E-state index >= 15 is 0 Å². The van der Waals surface area contributed by atoms with Crippen molar-refractivity contribution in [3.63, 3.8) is 0 Å². The Bertz CT molecular complexity index is 1270. The second kappa shape index (κ2) is 10.7. The first kappa shape index (κ1) is 24.9. The number of carbonyl (C=O) groups is 2. The minimum atomic E-state index is 0.00173. The summed E-state index contributed by atoms with van der Waals surface area (Å²) in [6.45, 7) is 4.29. The Labute approximate surface area is 218 Å². The number of methoxy groups -OCH3 is 2. The summed E-state index contributed by atoms with van der Waals surface area (Å²) in [5, 5.41) is 0. The van der Waals surface area contributed by atoms with E-state index in [0.717, 1.165) is 59.8 Å². The number of benzene rings is 2. The normalized spacial score (nSPS) is 16.2. The number of aromatic nitrogens is 1. The molecular formula is C30H35N3O4. The van der Waals surface area contributed by atoms with Crippen molar-refractivity contribution in [2.45, 2.75) is 32.6 Å². The lowest BCUT2D eigenvalue weighted by Crippen LogP contribution is -2.51. The molecule has 2 heterocycles. The molecule has 2 aliphatic rings. The minimum absolute atomic E-state index is 0.00173. The van der Waals surface area contributed by atoms with E-state index in [2.05, 4.69) is 4.57 Å². The molecule has 0 N–H and O–H groups in total. The van der Waals surface area contributed by atoms with E-state index in [-0.39, 0.29) is 17.7 Å². The molecule has 7 nitrogen and oxygen atoms in total. The van der Waals surface area contributed by atoms with Crippen molar-refractivity contribution in [1.82, 2.24) is 14.4 Å². The van der Waals surface area contributed by atoms with Crippen LogP contribution in [0.1, 0.15) is 41.7 Å². The van der Waals surface area contributed by atoms with Gasteiger partial charge in [-0.15, -0.1) is 0 Å². The van der Waals surface area contributed by atoms with E-state index in [0.29, 0.717) is 31.7 Å². The highest BCUT2D eigenvalue weighted by atomic mass is 16.5. The fraction of sp³-hybridized carbons (Fsp3) is 0.400. The molecule has 0 radical (unpaired) electrons. The highest BCUT2D eigenvalue weighted by Crippen LogP contribution is 2.33. The van der Waals surface area contributed by atoms with Gasteiger partial charge >= 0.3 is 0 Å². The fourth-order valence-electron chi connectivity index (χ4n) is 5.61. The Balaban J connectivity index is 1.44. The topological polar surface area (TPSA) is 64.0 Å². The first-order valence-corrected chi connectivity index (χ1v) is 13.1. The predicted octanol–water partition coefficient (Wildman–Crippen LogP) is 4.94. The quantitative estimate of drug-likeness (QED) is 0.480. The lowest BCUT2D eigenvalue weighted by molar-refractivity contribution is -0.136. The molecule has 0 bridgehead atoms. The zero-order chi connectivity index (χ0) is 25.9. The van der Waals surface area contributed by atoms with Crippen LogP contribution in [0.15, 0.2) is 54.6 Å². The van der Waals surface area contributed by atoms with E-state index in [4.69, 9.17) is 9.47 Å². The second-order valence-corrected chi connectivity index (χ2v) is 9.89. The first-order chi connectivity index (χ1) is 18.0. The maximum Gasteiger partial charge on any atom is 0.255 e. The Morgan fingerprint density at radius 1 is 0.811 bits per heavy atom. The van der Waals surface area contributed by atoms with Crippen LogP contribution in [0.4, 0.5) is 0 Å². The number of piperazine rings is 1. The van der Waals surface area contributed by atoms with E-state index in [1.165, 1.54) is 0 Å². The largest absolute Gasteiger partial charge is 0.497 e. The average Bonchev–Trinajstić information content (AvgIpc) is 3.61. The lowest BCUT2D eigenvalue weighted by atomic mass is 10.1. The van der Waals surface area contributed by atoms with Crippen molar-refractivity contribution in [2.75, 3.05) is 40.4 Å². The molecule has 0 spiro atoms. The molecule has 1 aromatic heterocycles. The molecule has 5 rings (SSSR count). The van der Waals surface area contributed by atoms with Gasteiger partial charge in [-0.3, -0.25) is 9.59 Å². The van der Waals surface area contributed by atoms with Crippen molar-refractivity contribution in [3.8, 4) is 28.4 Å². The molecule has 7 heteroatoms. The molecule has 1 saturated heterocycles. The average molecular weight is 502 g/mol. The summed E-state index contributed by atoms with van der Waals surface area (Å²) in [7, 11) is 3.30. The van der Waals surface area contributed by atoms with Gasteiger partial charge in [0.25, 0.3) is 5.91 Å². The maximum absolute atomic E-state index is 13.8. The van der Waals surface area contributed by atoms with Crippen LogP contribution in [0.2, 0.25) is 0 Å². The van der Waals surface area contributed by atoms with Crippen molar-refractivity contribution >= 4 is 11.8 Å². The molecule has 37 heavy (non-hydrogen) atoms. The number of nitrogens with zero attached hydrogens (tertiary/aromatic N) is 3. The summed E-state index contributed by atoms with van der Waals surface area (Å²) in [6, 6.07) is 17.7. The highest BCUT2D eigenvalue weighted by Gasteiger charge is 2.32. The van der Waals surface area contributed by atoms with Crippen molar-refractivity contribution in [2.24, 2.45) is 5.92 Å². The molecule has 2 aromatic carbocycles. The Morgan fingerprint density at radius 3 is 2.11 bits per heavy atom. The number of rotatable bonds is 6. The van der Waals surface area contributed by atoms with Gasteiger partial charge in [-0.05, 0) is 67.8 Å². The van der Waals surface area contributed by atoms with Crippen LogP contribution < -0.4 is 9.47 Å². The number of hydrogen-bond acceptors (Lipinski definition) is 4. The van der Waals surface area contributed by atoms with Gasteiger partial charge in [0.1, 0.15) is 11.5 Å². The van der Waals surface area contributed by atoms with Crippen LogP contribution in [0.25, 0.3) is 16.9 Å². The molecule has 2 fully saturated rings. The van der Waals surface area contributed by atoms with Crippen LogP contribution in [-0.4, -0.2) is 66.6 Å². The van der Waals surface area contributed by atoms with E-state index in [1.807, 2.05) is 71.3 Å². The van der Waals surface area contributed by atoms with Gasteiger partial charge in [0.15, 0.2) is 0 Å². The zero-order valence-corrected chi connectivity index (χ0v) is 21.9. The van der Waals surface area contributed by atoms with Gasteiger partial charge in [-0.2, -0.15) is 0 Å². The van der Waals surface area contributed by atoms with Crippen LogP contribution >= 0.6 is 0 Å². The third kappa shape index (κ3) is 4.95. The molecule has 0 unspecified atom stereocenters. The third-order valence-electron chi connectivity index (χ3n) is 7.76. The van der Waals surface area contributed by atoms with Crippen LogP contribution in [0.5, 0.6) is 11.5 Å². The van der Waals surface area contributed by atoms with Crippen LogP contribution in [0, 0.1) is 12.8 Å². The third-order valence-corrected chi connectivity index (χ3v) is 7.76. The van der Waals surface area contributed by atoms with Gasteiger partial charge in [0, 0.05) is 49.5 Å². The molecular weight excluding hydrogens is 466 g/mol. The zero-order valence-electron chi connectivity index (χ0n) is 21.9. The summed E-state index contributed by atoms with van der Waals surface area (Å²) in [5.41, 5.74) is 4.37. The Hall–Kier alpha value is -3.74. The predicted molar refractivity (Wildman–Crippen MR) is 143 cm³/mol. The molecule has 0 atom stereocenters. The van der Waals surface area contributed by atoms with Crippen molar-refractivity contribution in [3.05, 3.63) is 65.9 Å². The molecule has 1 aliphatic carbocycles. The molecule has 194 valence electrons. The number of hydrogen-bond donors (Lipinski definition) is 0. The SMILES string of the molecule is COc1ccc(-c2cc(C(=O)N3CCN(C(=O)C4CCCC4)CC3)c(C)n2-c2cccc(OC)c2)cc1. The van der Waals surface area contributed by atoms with Crippen LogP contribution in [0.3, 0.4) is 0 Å². The summed E-state index contributed by atoms with van der Waals surface area (Å²) >= 11 is 0. The number of amides is 2. The van der Waals surface area contributed by atoms with Crippen molar-refractivity contribution < 1.29 is 19.1 Å². The van der Waals surface area contributed by atoms with E-state index < -0.39 is 0 Å².